The van der Waals surface area contributed by atoms with Gasteiger partial charge in [-0.15, -0.1) is 0 Å². The Morgan fingerprint density at radius 1 is 1.07 bits per heavy atom. The largest absolute Gasteiger partial charge is 0.338 e. The lowest BCUT2D eigenvalue weighted by atomic mass is 9.99. The van der Waals surface area contributed by atoms with Gasteiger partial charge in [-0.3, -0.25) is 9.18 Å². The van der Waals surface area contributed by atoms with Crippen molar-refractivity contribution in [2.75, 3.05) is 6.67 Å². The van der Waals surface area contributed by atoms with Crippen LogP contribution in [0.25, 0.3) is 10.9 Å². The molecule has 1 heterocycles. The molecular weight excluding hydrogens is 353 g/mol. The van der Waals surface area contributed by atoms with E-state index in [9.17, 15) is 23.2 Å². The van der Waals surface area contributed by atoms with Gasteiger partial charge in [0.1, 0.15) is 11.6 Å². The number of aromatic nitrogens is 1. The Morgan fingerprint density at radius 3 is 2.44 bits per heavy atom. The lowest BCUT2D eigenvalue weighted by Gasteiger charge is -2.24. The zero-order valence-corrected chi connectivity index (χ0v) is 14.5. The van der Waals surface area contributed by atoms with Gasteiger partial charge in [-0.05, 0) is 30.9 Å². The Bertz CT molecular complexity index is 1050. The molecule has 0 spiro atoms. The smallest absolute Gasteiger partial charge is 0.207 e. The maximum atomic E-state index is 13.9. The van der Waals surface area contributed by atoms with E-state index in [1.165, 1.54) is 6.20 Å². The molecule has 0 aliphatic heterocycles. The van der Waals surface area contributed by atoms with E-state index in [0.717, 1.165) is 17.7 Å². The Morgan fingerprint density at radius 2 is 1.78 bits per heavy atom. The van der Waals surface area contributed by atoms with Gasteiger partial charge in [-0.2, -0.15) is 5.26 Å². The van der Waals surface area contributed by atoms with Crippen LogP contribution in [0.2, 0.25) is 0 Å². The molecule has 0 bridgehead atoms. The lowest BCUT2D eigenvalue weighted by molar-refractivity contribution is 0.433. The van der Waals surface area contributed by atoms with E-state index in [1.54, 1.807) is 4.57 Å². The van der Waals surface area contributed by atoms with Crippen LogP contribution in [-0.4, -0.2) is 11.2 Å². The Kier molecular flexibility index (Phi) is 5.60. The van der Waals surface area contributed by atoms with Gasteiger partial charge in [0.2, 0.25) is 5.43 Å². The summed E-state index contributed by atoms with van der Waals surface area (Å²) in [5.74, 6) is -2.22. The van der Waals surface area contributed by atoms with Gasteiger partial charge in [-0.25, -0.2) is 8.78 Å². The molecule has 2 aromatic carbocycles. The fraction of sp³-hybridized carbons (Fsp3) is 0.238. The van der Waals surface area contributed by atoms with E-state index in [-0.39, 0.29) is 22.5 Å². The molecule has 0 aliphatic rings. The summed E-state index contributed by atoms with van der Waals surface area (Å²) >= 11 is 0. The number of benzene rings is 2. The molecule has 0 radical (unpaired) electrons. The fourth-order valence-electron chi connectivity index (χ4n) is 3.26. The molecule has 1 unspecified atom stereocenters. The topological polar surface area (TPSA) is 45.8 Å². The van der Waals surface area contributed by atoms with Crippen molar-refractivity contribution in [1.82, 2.24) is 4.57 Å². The molecule has 1 atom stereocenters. The summed E-state index contributed by atoms with van der Waals surface area (Å²) < 4.78 is 41.8. The van der Waals surface area contributed by atoms with E-state index in [1.807, 2.05) is 36.4 Å². The van der Waals surface area contributed by atoms with Gasteiger partial charge >= 0.3 is 0 Å². The summed E-state index contributed by atoms with van der Waals surface area (Å²) in [4.78, 5) is 12.4. The number of fused-ring (bicyclic) bond motifs is 1. The highest BCUT2D eigenvalue weighted by Gasteiger charge is 2.19. The van der Waals surface area contributed by atoms with Crippen LogP contribution < -0.4 is 5.43 Å². The Labute approximate surface area is 154 Å². The van der Waals surface area contributed by atoms with Gasteiger partial charge in [0.25, 0.3) is 0 Å². The Hall–Kier alpha value is -3.07. The van der Waals surface area contributed by atoms with Crippen molar-refractivity contribution in [3.05, 3.63) is 81.6 Å². The van der Waals surface area contributed by atoms with E-state index in [4.69, 9.17) is 0 Å². The molecule has 3 rings (SSSR count). The molecule has 3 nitrogen and oxygen atoms in total. The number of pyridine rings is 1. The van der Waals surface area contributed by atoms with Crippen LogP contribution in [0.15, 0.2) is 53.5 Å². The summed E-state index contributed by atoms with van der Waals surface area (Å²) in [7, 11) is 0. The first-order valence-electron chi connectivity index (χ1n) is 8.61. The van der Waals surface area contributed by atoms with Crippen molar-refractivity contribution < 1.29 is 13.2 Å². The number of rotatable bonds is 6. The van der Waals surface area contributed by atoms with E-state index in [0.29, 0.717) is 19.3 Å². The maximum absolute atomic E-state index is 13.9. The normalized spacial score (nSPS) is 12.1. The molecular formula is C21H17F3N2O. The third kappa shape index (κ3) is 3.72. The molecule has 0 saturated heterocycles. The number of nitrogens with zero attached hydrogens (tertiary/aromatic N) is 2. The second-order valence-corrected chi connectivity index (χ2v) is 6.29. The summed E-state index contributed by atoms with van der Waals surface area (Å²) in [6.45, 7) is -0.449. The molecule has 138 valence electrons. The van der Waals surface area contributed by atoms with Crippen molar-refractivity contribution in [2.24, 2.45) is 0 Å². The number of hydrogen-bond donors (Lipinski definition) is 0. The molecule has 0 fully saturated rings. The average Bonchev–Trinajstić information content (AvgIpc) is 2.68. The van der Waals surface area contributed by atoms with Crippen LogP contribution in [0.3, 0.4) is 0 Å². The van der Waals surface area contributed by atoms with Gasteiger partial charge in [-0.1, -0.05) is 30.3 Å². The first kappa shape index (κ1) is 18.7. The number of halogens is 3. The highest BCUT2D eigenvalue weighted by atomic mass is 19.2. The number of unbranched alkanes of at least 4 members (excludes halogenated alkanes) is 1. The highest BCUT2D eigenvalue weighted by molar-refractivity contribution is 5.80. The van der Waals surface area contributed by atoms with Gasteiger partial charge in [0.05, 0.1) is 23.6 Å². The summed E-state index contributed by atoms with van der Waals surface area (Å²) in [6, 6.07) is 12.5. The summed E-state index contributed by atoms with van der Waals surface area (Å²) in [5.41, 5.74) is 0.278. The van der Waals surface area contributed by atoms with Crippen molar-refractivity contribution in [3.8, 4) is 6.07 Å². The first-order chi connectivity index (χ1) is 13.1. The average molecular weight is 370 g/mol. The molecule has 0 amide bonds. The minimum atomic E-state index is -1.14. The zero-order chi connectivity index (χ0) is 19.4. The van der Waals surface area contributed by atoms with Crippen molar-refractivity contribution in [1.29, 1.82) is 5.26 Å². The second kappa shape index (κ2) is 8.09. The molecule has 6 heteroatoms. The second-order valence-electron chi connectivity index (χ2n) is 6.29. The van der Waals surface area contributed by atoms with Gasteiger partial charge < -0.3 is 4.57 Å². The van der Waals surface area contributed by atoms with Crippen LogP contribution in [0, 0.1) is 23.0 Å². The van der Waals surface area contributed by atoms with E-state index >= 15 is 0 Å². The highest BCUT2D eigenvalue weighted by Crippen LogP contribution is 2.29. The maximum Gasteiger partial charge on any atom is 0.207 e. The van der Waals surface area contributed by atoms with Crippen LogP contribution in [0.5, 0.6) is 0 Å². The minimum Gasteiger partial charge on any atom is -0.338 e. The lowest BCUT2D eigenvalue weighted by Crippen LogP contribution is -2.18. The number of nitriles is 1. The molecule has 1 aromatic heterocycles. The summed E-state index contributed by atoms with van der Waals surface area (Å²) in [6.07, 6.45) is 2.83. The SMILES string of the molecule is N#Cc1cn(C(CCCCF)c2ccccc2)c2cc(F)c(F)cc2c1=O. The van der Waals surface area contributed by atoms with Crippen LogP contribution >= 0.6 is 0 Å². The van der Waals surface area contributed by atoms with Crippen molar-refractivity contribution in [2.45, 2.75) is 25.3 Å². The van der Waals surface area contributed by atoms with Crippen molar-refractivity contribution in [3.63, 3.8) is 0 Å². The molecule has 0 aliphatic carbocycles. The molecule has 3 aromatic rings. The van der Waals surface area contributed by atoms with Gasteiger partial charge in [0.15, 0.2) is 11.6 Å². The molecule has 27 heavy (non-hydrogen) atoms. The monoisotopic (exact) mass is 370 g/mol. The Balaban J connectivity index is 2.27. The number of alkyl halides is 1. The minimum absolute atomic E-state index is 0.0561. The van der Waals surface area contributed by atoms with Crippen LogP contribution in [0.1, 0.15) is 36.4 Å². The third-order valence-electron chi connectivity index (χ3n) is 4.58. The van der Waals surface area contributed by atoms with E-state index < -0.39 is 23.7 Å². The van der Waals surface area contributed by atoms with E-state index in [2.05, 4.69) is 0 Å². The molecule has 0 N–H and O–H groups in total. The van der Waals surface area contributed by atoms with Gasteiger partial charge in [0, 0.05) is 12.3 Å². The first-order valence-corrected chi connectivity index (χ1v) is 8.61. The molecule has 0 saturated carbocycles. The third-order valence-corrected chi connectivity index (χ3v) is 4.58. The quantitative estimate of drug-likeness (QED) is 0.581. The standard InChI is InChI=1S/C21H17F3N2O/c22-9-5-4-8-19(14-6-2-1-3-7-14)26-13-15(12-25)21(27)16-10-17(23)18(24)11-20(16)26/h1-3,6-7,10-11,13,19H,4-5,8-9H2. The zero-order valence-electron chi connectivity index (χ0n) is 14.5. The van der Waals surface area contributed by atoms with Crippen LogP contribution in [0.4, 0.5) is 13.2 Å². The fourth-order valence-corrected chi connectivity index (χ4v) is 3.26. The van der Waals surface area contributed by atoms with Crippen LogP contribution in [-0.2, 0) is 0 Å². The predicted octanol–water partition coefficient (Wildman–Crippen LogP) is 4.88. The predicted molar refractivity (Wildman–Crippen MR) is 97.2 cm³/mol. The number of hydrogen-bond acceptors (Lipinski definition) is 2. The van der Waals surface area contributed by atoms with Crippen molar-refractivity contribution >= 4 is 10.9 Å². The summed E-state index contributed by atoms with van der Waals surface area (Å²) in [5, 5.41) is 9.26.